The standard InChI is InChI=1S/C27H29ClFN5O2/c1-17-24(25(28)34(32-17)20-7-3-2-4-8-20)27(36)33(15-18-11-13-19(29)14-12-18)16-23-30-22-10-6-5-9-21(22)26(35)31-23/h2-4,7-8,11-14,21-23,30H,5-6,9-10,15-16H2,1H3,(H,31,35). The van der Waals surface area contributed by atoms with E-state index in [1.807, 2.05) is 30.3 Å². The van der Waals surface area contributed by atoms with Crippen molar-refractivity contribution in [1.29, 1.82) is 0 Å². The highest BCUT2D eigenvalue weighted by atomic mass is 35.5. The quantitative estimate of drug-likeness (QED) is 0.521. The van der Waals surface area contributed by atoms with E-state index in [-0.39, 0.29) is 47.8 Å². The smallest absolute Gasteiger partial charge is 0.259 e. The molecule has 1 saturated heterocycles. The van der Waals surface area contributed by atoms with Crippen molar-refractivity contribution in [1.82, 2.24) is 25.3 Å². The summed E-state index contributed by atoms with van der Waals surface area (Å²) in [5, 5.41) is 11.3. The Labute approximate surface area is 214 Å². The van der Waals surface area contributed by atoms with Gasteiger partial charge < -0.3 is 10.2 Å². The van der Waals surface area contributed by atoms with Gasteiger partial charge in [0, 0.05) is 12.6 Å². The molecule has 3 unspecified atom stereocenters. The fourth-order valence-corrected chi connectivity index (χ4v) is 5.56. The lowest BCUT2D eigenvalue weighted by atomic mass is 9.82. The Hall–Kier alpha value is -3.23. The van der Waals surface area contributed by atoms with Crippen LogP contribution in [0.25, 0.3) is 5.69 Å². The summed E-state index contributed by atoms with van der Waals surface area (Å²) < 4.78 is 15.1. The van der Waals surface area contributed by atoms with Crippen LogP contribution in [-0.2, 0) is 11.3 Å². The first kappa shape index (κ1) is 24.5. The van der Waals surface area contributed by atoms with Crippen LogP contribution in [0, 0.1) is 18.7 Å². The molecule has 2 heterocycles. The van der Waals surface area contributed by atoms with Gasteiger partial charge in [-0.15, -0.1) is 0 Å². The van der Waals surface area contributed by atoms with Crippen molar-refractivity contribution in [2.75, 3.05) is 6.54 Å². The number of rotatable bonds is 6. The largest absolute Gasteiger partial charge is 0.339 e. The number of hydrogen-bond donors (Lipinski definition) is 2. The summed E-state index contributed by atoms with van der Waals surface area (Å²) in [6, 6.07) is 15.5. The van der Waals surface area contributed by atoms with Crippen LogP contribution in [0.15, 0.2) is 54.6 Å². The number of aromatic nitrogens is 2. The zero-order valence-electron chi connectivity index (χ0n) is 20.1. The van der Waals surface area contributed by atoms with E-state index in [1.54, 1.807) is 28.6 Å². The van der Waals surface area contributed by atoms with Gasteiger partial charge in [0.15, 0.2) is 0 Å². The second-order valence-corrected chi connectivity index (χ2v) is 9.89. The molecule has 188 valence electrons. The summed E-state index contributed by atoms with van der Waals surface area (Å²) >= 11 is 6.70. The number of nitrogens with zero attached hydrogens (tertiary/aromatic N) is 3. The maximum Gasteiger partial charge on any atom is 0.259 e. The Morgan fingerprint density at radius 1 is 1.14 bits per heavy atom. The SMILES string of the molecule is Cc1nn(-c2ccccc2)c(Cl)c1C(=O)N(Cc1ccc(F)cc1)CC1NC(=O)C2CCCCC2N1. The Morgan fingerprint density at radius 3 is 2.61 bits per heavy atom. The van der Waals surface area contributed by atoms with Gasteiger partial charge in [-0.1, -0.05) is 54.8 Å². The van der Waals surface area contributed by atoms with Gasteiger partial charge in [0.25, 0.3) is 5.91 Å². The van der Waals surface area contributed by atoms with Crippen LogP contribution in [0.2, 0.25) is 5.15 Å². The number of halogens is 2. The summed E-state index contributed by atoms with van der Waals surface area (Å²) in [6.45, 7) is 2.22. The van der Waals surface area contributed by atoms with Crippen molar-refractivity contribution in [3.05, 3.63) is 82.4 Å². The van der Waals surface area contributed by atoms with E-state index in [0.29, 0.717) is 11.3 Å². The lowest BCUT2D eigenvalue weighted by Gasteiger charge is -2.41. The summed E-state index contributed by atoms with van der Waals surface area (Å²) in [7, 11) is 0. The number of benzene rings is 2. The molecule has 5 rings (SSSR count). The average molecular weight is 510 g/mol. The van der Waals surface area contributed by atoms with Crippen LogP contribution < -0.4 is 10.6 Å². The molecule has 3 aromatic rings. The van der Waals surface area contributed by atoms with Crippen molar-refractivity contribution in [3.8, 4) is 5.69 Å². The summed E-state index contributed by atoms with van der Waals surface area (Å²) in [5.41, 5.74) is 2.33. The molecule has 2 aromatic carbocycles. The third-order valence-corrected chi connectivity index (χ3v) is 7.38. The molecule has 9 heteroatoms. The number of nitrogens with one attached hydrogen (secondary N) is 2. The van der Waals surface area contributed by atoms with Crippen molar-refractivity contribution in [3.63, 3.8) is 0 Å². The summed E-state index contributed by atoms with van der Waals surface area (Å²) in [5.74, 6) is -0.643. The predicted molar refractivity (Wildman–Crippen MR) is 135 cm³/mol. The van der Waals surface area contributed by atoms with Gasteiger partial charge in [-0.2, -0.15) is 5.10 Å². The van der Waals surface area contributed by atoms with Crippen LogP contribution in [0.1, 0.15) is 47.3 Å². The van der Waals surface area contributed by atoms with E-state index in [1.165, 1.54) is 12.1 Å². The number of carbonyl (C=O) groups excluding carboxylic acids is 2. The first-order valence-electron chi connectivity index (χ1n) is 12.3. The van der Waals surface area contributed by atoms with Gasteiger partial charge in [0.1, 0.15) is 11.0 Å². The van der Waals surface area contributed by atoms with Gasteiger partial charge in [-0.3, -0.25) is 14.9 Å². The number of amides is 2. The third kappa shape index (κ3) is 5.01. The van der Waals surface area contributed by atoms with Gasteiger partial charge in [0.2, 0.25) is 5.91 Å². The van der Waals surface area contributed by atoms with Crippen molar-refractivity contribution in [2.45, 2.75) is 51.4 Å². The second kappa shape index (κ2) is 10.4. The molecular weight excluding hydrogens is 481 g/mol. The molecular formula is C27H29ClFN5O2. The van der Waals surface area contributed by atoms with Crippen LogP contribution in [0.5, 0.6) is 0 Å². The molecule has 0 bridgehead atoms. The summed E-state index contributed by atoms with van der Waals surface area (Å²) in [4.78, 5) is 28.3. The topological polar surface area (TPSA) is 79.3 Å². The Kier molecular flexibility index (Phi) is 7.07. The monoisotopic (exact) mass is 509 g/mol. The number of carbonyl (C=O) groups is 2. The van der Waals surface area contributed by atoms with Crippen molar-refractivity contribution >= 4 is 23.4 Å². The molecule has 2 fully saturated rings. The molecule has 36 heavy (non-hydrogen) atoms. The Bertz CT molecular complexity index is 1250. The van der Waals surface area contributed by atoms with Gasteiger partial charge in [0.05, 0.1) is 35.6 Å². The maximum atomic E-state index is 13.9. The molecule has 3 atom stereocenters. The molecule has 2 amide bonds. The zero-order valence-corrected chi connectivity index (χ0v) is 20.8. The molecule has 7 nitrogen and oxygen atoms in total. The van der Waals surface area contributed by atoms with Gasteiger partial charge >= 0.3 is 0 Å². The fraction of sp³-hybridized carbons (Fsp3) is 0.370. The van der Waals surface area contributed by atoms with Crippen LogP contribution >= 0.6 is 11.6 Å². The molecule has 2 N–H and O–H groups in total. The van der Waals surface area contributed by atoms with E-state index in [0.717, 1.165) is 36.9 Å². The zero-order chi connectivity index (χ0) is 25.2. The maximum absolute atomic E-state index is 13.9. The van der Waals surface area contributed by atoms with E-state index >= 15 is 0 Å². The number of para-hydroxylation sites is 1. The van der Waals surface area contributed by atoms with Gasteiger partial charge in [-0.05, 0) is 49.6 Å². The summed E-state index contributed by atoms with van der Waals surface area (Å²) in [6.07, 6.45) is 3.56. The first-order chi connectivity index (χ1) is 17.4. The third-order valence-electron chi connectivity index (χ3n) is 7.03. The molecule has 1 aliphatic heterocycles. The predicted octanol–water partition coefficient (Wildman–Crippen LogP) is 4.22. The molecule has 0 radical (unpaired) electrons. The highest BCUT2D eigenvalue weighted by molar-refractivity contribution is 6.33. The molecule has 2 aliphatic rings. The second-order valence-electron chi connectivity index (χ2n) is 9.54. The molecule has 1 aromatic heterocycles. The van der Waals surface area contributed by atoms with Crippen molar-refractivity contribution < 1.29 is 14.0 Å². The fourth-order valence-electron chi connectivity index (χ4n) is 5.21. The van der Waals surface area contributed by atoms with E-state index < -0.39 is 6.17 Å². The minimum absolute atomic E-state index is 0.0305. The molecule has 1 saturated carbocycles. The van der Waals surface area contributed by atoms with Crippen LogP contribution in [-0.4, -0.2) is 45.2 Å². The minimum atomic E-state index is -0.399. The highest BCUT2D eigenvalue weighted by Crippen LogP contribution is 2.29. The Morgan fingerprint density at radius 2 is 1.86 bits per heavy atom. The first-order valence-corrected chi connectivity index (χ1v) is 12.7. The minimum Gasteiger partial charge on any atom is -0.339 e. The number of fused-ring (bicyclic) bond motifs is 1. The lowest BCUT2D eigenvalue weighted by molar-refractivity contribution is -0.131. The normalized spacial score (nSPS) is 21.5. The molecule has 1 aliphatic carbocycles. The van der Waals surface area contributed by atoms with E-state index in [9.17, 15) is 14.0 Å². The van der Waals surface area contributed by atoms with Crippen LogP contribution in [0.3, 0.4) is 0 Å². The Balaban J connectivity index is 1.44. The lowest BCUT2D eigenvalue weighted by Crippen LogP contribution is -2.65. The van der Waals surface area contributed by atoms with Crippen LogP contribution in [0.4, 0.5) is 4.39 Å². The van der Waals surface area contributed by atoms with E-state index in [2.05, 4.69) is 15.7 Å². The van der Waals surface area contributed by atoms with Crippen molar-refractivity contribution in [2.24, 2.45) is 5.92 Å². The molecule has 0 spiro atoms. The van der Waals surface area contributed by atoms with Gasteiger partial charge in [-0.25, -0.2) is 9.07 Å². The number of hydrogen-bond acceptors (Lipinski definition) is 4. The number of aryl methyl sites for hydroxylation is 1. The average Bonchev–Trinajstić information content (AvgIpc) is 3.18. The van der Waals surface area contributed by atoms with E-state index in [4.69, 9.17) is 11.6 Å². The highest BCUT2D eigenvalue weighted by Gasteiger charge is 2.38.